The Morgan fingerprint density at radius 2 is 1.75 bits per heavy atom. The van der Waals surface area contributed by atoms with Gasteiger partial charge in [-0.2, -0.15) is 5.26 Å². The minimum Gasteiger partial charge on any atom is -0.497 e. The highest BCUT2D eigenvalue weighted by molar-refractivity contribution is 9.10. The van der Waals surface area contributed by atoms with Crippen molar-refractivity contribution in [1.82, 2.24) is 0 Å². The van der Waals surface area contributed by atoms with Crippen molar-refractivity contribution in [2.24, 2.45) is 0 Å². The monoisotopic (exact) mass is 551 g/mol. The molecule has 0 saturated heterocycles. The molecule has 0 aromatic heterocycles. The van der Waals surface area contributed by atoms with Crippen molar-refractivity contribution in [2.75, 3.05) is 19.5 Å². The van der Waals surface area contributed by atoms with Crippen LogP contribution in [-0.2, 0) is 4.79 Å². The average Bonchev–Trinajstić information content (AvgIpc) is 2.88. The first-order chi connectivity index (χ1) is 17.2. The van der Waals surface area contributed by atoms with E-state index in [-0.39, 0.29) is 39.6 Å². The molecule has 0 radical (unpaired) electrons. The quantitative estimate of drug-likeness (QED) is 0.101. The number of nitro groups is 1. The zero-order valence-corrected chi connectivity index (χ0v) is 20.6. The third-order valence-corrected chi connectivity index (χ3v) is 5.30. The first-order valence-electron chi connectivity index (χ1n) is 10.2. The highest BCUT2D eigenvalue weighted by Crippen LogP contribution is 2.30. The standard InChI is InChI=1S/C25H18BrN3O7/c1-34-20-7-3-15(4-8-20)25(31)36-22-10-5-18(26)12-16(22)11-17(14-27)24(30)28-21-9-6-19(29(32)33)13-23(21)35-2/h3-13H,1-2H3,(H,28,30)/b17-11-. The van der Waals surface area contributed by atoms with E-state index in [1.54, 1.807) is 36.4 Å². The highest BCUT2D eigenvalue weighted by Gasteiger charge is 2.18. The second-order valence-corrected chi connectivity index (χ2v) is 7.98. The number of hydrogen-bond acceptors (Lipinski definition) is 8. The smallest absolute Gasteiger partial charge is 0.343 e. The number of halogens is 1. The molecule has 0 aliphatic rings. The molecule has 0 spiro atoms. The first kappa shape index (κ1) is 25.9. The van der Waals surface area contributed by atoms with Gasteiger partial charge in [0.25, 0.3) is 11.6 Å². The number of anilines is 1. The molecule has 0 saturated carbocycles. The summed E-state index contributed by atoms with van der Waals surface area (Å²) in [6.07, 6.45) is 1.26. The number of nitrogens with zero attached hydrogens (tertiary/aromatic N) is 2. The van der Waals surface area contributed by atoms with Gasteiger partial charge in [0, 0.05) is 16.1 Å². The number of benzene rings is 3. The molecule has 3 aromatic rings. The molecule has 0 unspecified atom stereocenters. The Balaban J connectivity index is 1.88. The third kappa shape index (κ3) is 6.25. The van der Waals surface area contributed by atoms with E-state index in [0.717, 1.165) is 6.07 Å². The van der Waals surface area contributed by atoms with Crippen LogP contribution < -0.4 is 19.5 Å². The molecule has 3 aromatic carbocycles. The van der Waals surface area contributed by atoms with Crippen molar-refractivity contribution in [3.63, 3.8) is 0 Å². The van der Waals surface area contributed by atoms with Crippen LogP contribution in [0.5, 0.6) is 17.2 Å². The fraction of sp³-hybridized carbons (Fsp3) is 0.0800. The SMILES string of the molecule is COc1ccc(C(=O)Oc2ccc(Br)cc2/C=C(/C#N)C(=O)Nc2ccc([N+](=O)[O-])cc2OC)cc1. The summed E-state index contributed by atoms with van der Waals surface area (Å²) in [5.41, 5.74) is 0.161. The van der Waals surface area contributed by atoms with Crippen LogP contribution in [0.4, 0.5) is 11.4 Å². The Hall–Kier alpha value is -4.69. The second kappa shape index (κ2) is 11.6. The van der Waals surface area contributed by atoms with Crippen LogP contribution >= 0.6 is 15.9 Å². The number of carbonyl (C=O) groups excluding carboxylic acids is 2. The minimum atomic E-state index is -0.794. The van der Waals surface area contributed by atoms with Gasteiger partial charge in [-0.15, -0.1) is 0 Å². The van der Waals surface area contributed by atoms with Gasteiger partial charge in [-0.05, 0) is 54.6 Å². The molecule has 0 fully saturated rings. The summed E-state index contributed by atoms with van der Waals surface area (Å²) in [4.78, 5) is 35.8. The van der Waals surface area contributed by atoms with E-state index in [9.17, 15) is 25.0 Å². The minimum absolute atomic E-state index is 0.0476. The molecule has 1 amide bonds. The van der Waals surface area contributed by atoms with Gasteiger partial charge >= 0.3 is 5.97 Å². The van der Waals surface area contributed by atoms with E-state index in [1.165, 1.54) is 38.5 Å². The second-order valence-electron chi connectivity index (χ2n) is 7.07. The summed E-state index contributed by atoms with van der Waals surface area (Å²) in [6, 6.07) is 16.5. The molecule has 11 heteroatoms. The van der Waals surface area contributed by atoms with Crippen LogP contribution in [-0.4, -0.2) is 31.0 Å². The molecular formula is C25H18BrN3O7. The summed E-state index contributed by atoms with van der Waals surface area (Å²) in [6.45, 7) is 0. The van der Waals surface area contributed by atoms with E-state index in [4.69, 9.17) is 14.2 Å². The number of amides is 1. The maximum Gasteiger partial charge on any atom is 0.343 e. The van der Waals surface area contributed by atoms with Crippen molar-refractivity contribution in [3.05, 3.63) is 92.0 Å². The normalized spacial score (nSPS) is 10.7. The summed E-state index contributed by atoms with van der Waals surface area (Å²) in [5.74, 6) is -0.697. The van der Waals surface area contributed by atoms with Crippen LogP contribution in [0.1, 0.15) is 15.9 Å². The van der Waals surface area contributed by atoms with Gasteiger partial charge in [-0.1, -0.05) is 15.9 Å². The lowest BCUT2D eigenvalue weighted by molar-refractivity contribution is -0.384. The predicted molar refractivity (Wildman–Crippen MR) is 134 cm³/mol. The zero-order chi connectivity index (χ0) is 26.2. The molecule has 182 valence electrons. The van der Waals surface area contributed by atoms with Gasteiger partial charge in [-0.25, -0.2) is 4.79 Å². The van der Waals surface area contributed by atoms with Crippen molar-refractivity contribution >= 4 is 45.3 Å². The zero-order valence-electron chi connectivity index (χ0n) is 19.0. The van der Waals surface area contributed by atoms with Crippen molar-refractivity contribution in [2.45, 2.75) is 0 Å². The number of ether oxygens (including phenoxy) is 3. The van der Waals surface area contributed by atoms with Gasteiger partial charge in [-0.3, -0.25) is 14.9 Å². The van der Waals surface area contributed by atoms with E-state index in [0.29, 0.717) is 10.2 Å². The van der Waals surface area contributed by atoms with Crippen molar-refractivity contribution < 1.29 is 28.7 Å². The number of nitrogens with one attached hydrogen (secondary N) is 1. The Morgan fingerprint density at radius 1 is 1.03 bits per heavy atom. The molecule has 0 aliphatic heterocycles. The number of non-ortho nitro benzene ring substituents is 1. The number of carbonyl (C=O) groups is 2. The van der Waals surface area contributed by atoms with Crippen molar-refractivity contribution in [3.8, 4) is 23.3 Å². The highest BCUT2D eigenvalue weighted by atomic mass is 79.9. The van der Waals surface area contributed by atoms with E-state index in [1.807, 2.05) is 6.07 Å². The number of methoxy groups -OCH3 is 2. The Bertz CT molecular complexity index is 1400. The number of esters is 1. The molecule has 0 aliphatic carbocycles. The number of hydrogen-bond donors (Lipinski definition) is 1. The van der Waals surface area contributed by atoms with Gasteiger partial charge in [0.05, 0.1) is 36.5 Å². The predicted octanol–water partition coefficient (Wildman–Crippen LogP) is 5.14. The van der Waals surface area contributed by atoms with Crippen molar-refractivity contribution in [1.29, 1.82) is 5.26 Å². The fourth-order valence-electron chi connectivity index (χ4n) is 3.00. The number of nitriles is 1. The molecule has 3 rings (SSSR count). The maximum atomic E-state index is 12.8. The summed E-state index contributed by atoms with van der Waals surface area (Å²) >= 11 is 3.32. The Labute approximate surface area is 214 Å². The van der Waals surface area contributed by atoms with Crippen LogP contribution in [0.2, 0.25) is 0 Å². The Kier molecular flexibility index (Phi) is 8.38. The third-order valence-electron chi connectivity index (χ3n) is 4.81. The van der Waals surface area contributed by atoms with E-state index in [2.05, 4.69) is 21.2 Å². The van der Waals surface area contributed by atoms with Crippen LogP contribution in [0, 0.1) is 21.4 Å². The van der Waals surface area contributed by atoms with Crippen LogP contribution in [0.25, 0.3) is 6.08 Å². The number of nitro benzene ring substituents is 1. The molecule has 10 nitrogen and oxygen atoms in total. The van der Waals surface area contributed by atoms with Crippen LogP contribution in [0.15, 0.2) is 70.7 Å². The summed E-state index contributed by atoms with van der Waals surface area (Å²) in [5, 5.41) is 23.1. The average molecular weight is 552 g/mol. The maximum absolute atomic E-state index is 12.8. The Morgan fingerprint density at radius 3 is 2.36 bits per heavy atom. The molecule has 0 heterocycles. The number of rotatable bonds is 8. The molecule has 36 heavy (non-hydrogen) atoms. The summed E-state index contributed by atoms with van der Waals surface area (Å²) < 4.78 is 16.3. The molecule has 0 bridgehead atoms. The lowest BCUT2D eigenvalue weighted by Crippen LogP contribution is -2.14. The first-order valence-corrected chi connectivity index (χ1v) is 11.0. The molecule has 1 N–H and O–H groups in total. The van der Waals surface area contributed by atoms with Crippen LogP contribution in [0.3, 0.4) is 0 Å². The molecule has 0 atom stereocenters. The topological polar surface area (TPSA) is 141 Å². The summed E-state index contributed by atoms with van der Waals surface area (Å²) in [7, 11) is 2.80. The van der Waals surface area contributed by atoms with Gasteiger partial charge in [0.15, 0.2) is 0 Å². The van der Waals surface area contributed by atoms with Gasteiger partial charge in [0.1, 0.15) is 28.9 Å². The lowest BCUT2D eigenvalue weighted by Gasteiger charge is -2.11. The van der Waals surface area contributed by atoms with Gasteiger partial charge < -0.3 is 19.5 Å². The van der Waals surface area contributed by atoms with E-state index >= 15 is 0 Å². The fourth-order valence-corrected chi connectivity index (χ4v) is 3.38. The van der Waals surface area contributed by atoms with Gasteiger partial charge in [0.2, 0.25) is 0 Å². The largest absolute Gasteiger partial charge is 0.497 e. The van der Waals surface area contributed by atoms with E-state index < -0.39 is 16.8 Å². The molecular weight excluding hydrogens is 534 g/mol. The lowest BCUT2D eigenvalue weighted by atomic mass is 10.1.